The van der Waals surface area contributed by atoms with E-state index >= 15 is 0 Å². The Kier molecular flexibility index (Phi) is 4.01. The van der Waals surface area contributed by atoms with Gasteiger partial charge in [-0.25, -0.2) is 4.98 Å². The first-order valence-corrected chi connectivity index (χ1v) is 9.61. The van der Waals surface area contributed by atoms with Crippen molar-refractivity contribution >= 4 is 11.0 Å². The summed E-state index contributed by atoms with van der Waals surface area (Å²) in [6, 6.07) is 12.8. The maximum absolute atomic E-state index is 13.4. The number of aromatic nitrogens is 4. The molecule has 7 heteroatoms. The highest BCUT2D eigenvalue weighted by Gasteiger charge is 2.33. The van der Waals surface area contributed by atoms with Gasteiger partial charge in [-0.3, -0.25) is 4.68 Å². The van der Waals surface area contributed by atoms with Crippen LogP contribution in [-0.4, -0.2) is 19.7 Å². The lowest BCUT2D eigenvalue weighted by atomic mass is 9.83. The molecule has 0 atom stereocenters. The summed E-state index contributed by atoms with van der Waals surface area (Å²) in [5.41, 5.74) is 3.35. The summed E-state index contributed by atoms with van der Waals surface area (Å²) in [7, 11) is 1.94. The Balaban J connectivity index is 1.55. The van der Waals surface area contributed by atoms with Gasteiger partial charge in [-0.05, 0) is 48.2 Å². The summed E-state index contributed by atoms with van der Waals surface area (Å²) >= 11 is 0. The summed E-state index contributed by atoms with van der Waals surface area (Å²) in [4.78, 5) is 7.82. The highest BCUT2D eigenvalue weighted by Crippen LogP contribution is 2.39. The Labute approximate surface area is 165 Å². The molecule has 0 unspecified atom stereocenters. The molecule has 0 aliphatic heterocycles. The zero-order chi connectivity index (χ0) is 20.2. The molecule has 4 nitrogen and oxygen atoms in total. The number of fused-ring (bicyclic) bond motifs is 1. The lowest BCUT2D eigenvalue weighted by Crippen LogP contribution is -2.12. The molecule has 1 aliphatic carbocycles. The van der Waals surface area contributed by atoms with Crippen LogP contribution in [0.25, 0.3) is 33.7 Å². The van der Waals surface area contributed by atoms with Gasteiger partial charge in [0.15, 0.2) is 5.82 Å². The Hall–Kier alpha value is -3.09. The van der Waals surface area contributed by atoms with Crippen molar-refractivity contribution in [1.82, 2.24) is 19.7 Å². The fourth-order valence-electron chi connectivity index (χ4n) is 3.96. The molecular formula is C22H19F3N4. The topological polar surface area (TPSA) is 46.5 Å². The predicted molar refractivity (Wildman–Crippen MR) is 105 cm³/mol. The highest BCUT2D eigenvalue weighted by molar-refractivity contribution is 5.85. The highest BCUT2D eigenvalue weighted by atomic mass is 19.4. The van der Waals surface area contributed by atoms with Crippen LogP contribution in [0.4, 0.5) is 13.2 Å². The average Bonchev–Trinajstić information content (AvgIpc) is 3.23. The van der Waals surface area contributed by atoms with E-state index in [1.807, 2.05) is 11.7 Å². The number of hydrogen-bond acceptors (Lipinski definition) is 2. The third-order valence-corrected chi connectivity index (χ3v) is 5.71. The molecule has 1 aliphatic rings. The molecule has 2 heterocycles. The molecule has 148 valence electrons. The van der Waals surface area contributed by atoms with Crippen molar-refractivity contribution in [1.29, 1.82) is 0 Å². The van der Waals surface area contributed by atoms with Crippen molar-refractivity contribution < 1.29 is 13.2 Å². The first-order chi connectivity index (χ1) is 13.9. The summed E-state index contributed by atoms with van der Waals surface area (Å²) in [6.07, 6.45) is -0.795. The number of alkyl halides is 3. The minimum Gasteiger partial charge on any atom is -0.337 e. The second-order valence-corrected chi connectivity index (χ2v) is 7.57. The van der Waals surface area contributed by atoms with Gasteiger partial charge in [0.2, 0.25) is 0 Å². The molecule has 2 aromatic heterocycles. The molecule has 4 aromatic rings. The van der Waals surface area contributed by atoms with Crippen LogP contribution < -0.4 is 0 Å². The van der Waals surface area contributed by atoms with Gasteiger partial charge in [0, 0.05) is 18.7 Å². The second-order valence-electron chi connectivity index (χ2n) is 7.57. The van der Waals surface area contributed by atoms with E-state index in [4.69, 9.17) is 0 Å². The number of nitrogens with zero attached hydrogens (tertiary/aromatic N) is 3. The van der Waals surface area contributed by atoms with Gasteiger partial charge in [-0.1, -0.05) is 30.7 Å². The number of nitrogens with one attached hydrogen (secondary N) is 1. The molecule has 0 saturated heterocycles. The van der Waals surface area contributed by atoms with Crippen molar-refractivity contribution in [3.63, 3.8) is 0 Å². The van der Waals surface area contributed by atoms with Gasteiger partial charge in [-0.2, -0.15) is 18.3 Å². The van der Waals surface area contributed by atoms with Crippen LogP contribution >= 0.6 is 0 Å². The van der Waals surface area contributed by atoms with Gasteiger partial charge >= 0.3 is 6.18 Å². The monoisotopic (exact) mass is 396 g/mol. The first kappa shape index (κ1) is 18.0. The van der Waals surface area contributed by atoms with Crippen LogP contribution in [0.2, 0.25) is 0 Å². The SMILES string of the molecule is Cn1nc(-c2nc3ccc(-c4ccccc4C(F)(F)F)cc3[nH]2)cc1C1CCC1. The number of imidazole rings is 1. The normalized spacial score (nSPS) is 15.0. The number of benzene rings is 2. The molecule has 2 aromatic carbocycles. The lowest BCUT2D eigenvalue weighted by molar-refractivity contribution is -0.137. The fourth-order valence-corrected chi connectivity index (χ4v) is 3.96. The molecule has 29 heavy (non-hydrogen) atoms. The van der Waals surface area contributed by atoms with Crippen molar-refractivity contribution in [2.75, 3.05) is 0 Å². The minimum atomic E-state index is -4.41. The van der Waals surface area contributed by atoms with E-state index in [1.54, 1.807) is 24.3 Å². The Morgan fingerprint density at radius 2 is 1.86 bits per heavy atom. The van der Waals surface area contributed by atoms with Gasteiger partial charge in [-0.15, -0.1) is 0 Å². The number of hydrogen-bond donors (Lipinski definition) is 1. The second kappa shape index (κ2) is 6.47. The first-order valence-electron chi connectivity index (χ1n) is 9.61. The van der Waals surface area contributed by atoms with Gasteiger partial charge in [0.25, 0.3) is 0 Å². The van der Waals surface area contributed by atoms with Crippen LogP contribution in [0, 0.1) is 0 Å². The molecule has 1 N–H and O–H groups in total. The number of aromatic amines is 1. The Morgan fingerprint density at radius 1 is 1.07 bits per heavy atom. The maximum Gasteiger partial charge on any atom is 0.417 e. The molecule has 0 spiro atoms. The quantitative estimate of drug-likeness (QED) is 0.467. The number of H-pyrrole nitrogens is 1. The largest absolute Gasteiger partial charge is 0.417 e. The molecule has 0 bridgehead atoms. The summed E-state index contributed by atoms with van der Waals surface area (Å²) < 4.78 is 42.0. The van der Waals surface area contributed by atoms with Crippen LogP contribution in [0.15, 0.2) is 48.5 Å². The maximum atomic E-state index is 13.4. The van der Waals surface area contributed by atoms with Crippen LogP contribution in [0.1, 0.15) is 36.4 Å². The van der Waals surface area contributed by atoms with Crippen molar-refractivity contribution in [3.05, 3.63) is 59.8 Å². The van der Waals surface area contributed by atoms with E-state index < -0.39 is 11.7 Å². The molecule has 1 saturated carbocycles. The zero-order valence-electron chi connectivity index (χ0n) is 15.8. The fraction of sp³-hybridized carbons (Fsp3) is 0.273. The number of rotatable bonds is 3. The van der Waals surface area contributed by atoms with E-state index in [9.17, 15) is 13.2 Å². The standard InChI is InChI=1S/C22H19F3N4/c1-29-20(13-5-4-6-13)12-19(28-29)21-26-17-10-9-14(11-18(17)27-21)15-7-2-3-8-16(15)22(23,24)25/h2-3,7-13H,4-6H2,1H3,(H,26,27). The molecule has 0 amide bonds. The molecule has 0 radical (unpaired) electrons. The van der Waals surface area contributed by atoms with E-state index in [0.717, 1.165) is 11.8 Å². The van der Waals surface area contributed by atoms with Crippen molar-refractivity contribution in [2.45, 2.75) is 31.4 Å². The minimum absolute atomic E-state index is 0.156. The zero-order valence-corrected chi connectivity index (χ0v) is 15.8. The number of aryl methyl sites for hydroxylation is 1. The third kappa shape index (κ3) is 3.10. The van der Waals surface area contributed by atoms with Gasteiger partial charge in [0.05, 0.1) is 16.6 Å². The predicted octanol–water partition coefficient (Wildman–Crippen LogP) is 5.92. The summed E-state index contributed by atoms with van der Waals surface area (Å²) in [6.45, 7) is 0. The van der Waals surface area contributed by atoms with Crippen LogP contribution in [-0.2, 0) is 13.2 Å². The van der Waals surface area contributed by atoms with Gasteiger partial charge in [0.1, 0.15) is 5.69 Å². The van der Waals surface area contributed by atoms with E-state index in [-0.39, 0.29) is 5.56 Å². The van der Waals surface area contributed by atoms with Crippen molar-refractivity contribution in [2.24, 2.45) is 7.05 Å². The van der Waals surface area contributed by atoms with Crippen LogP contribution in [0.5, 0.6) is 0 Å². The van der Waals surface area contributed by atoms with Gasteiger partial charge < -0.3 is 4.98 Å². The smallest absolute Gasteiger partial charge is 0.337 e. The van der Waals surface area contributed by atoms with Crippen molar-refractivity contribution in [3.8, 4) is 22.6 Å². The van der Waals surface area contributed by atoms with E-state index in [2.05, 4.69) is 21.1 Å². The Bertz CT molecular complexity index is 1200. The number of halogens is 3. The molecule has 1 fully saturated rings. The van der Waals surface area contributed by atoms with E-state index in [0.29, 0.717) is 28.3 Å². The average molecular weight is 396 g/mol. The molecule has 5 rings (SSSR count). The molecular weight excluding hydrogens is 377 g/mol. The van der Waals surface area contributed by atoms with Crippen LogP contribution in [0.3, 0.4) is 0 Å². The Morgan fingerprint density at radius 3 is 2.59 bits per heavy atom. The third-order valence-electron chi connectivity index (χ3n) is 5.71. The summed E-state index contributed by atoms with van der Waals surface area (Å²) in [5, 5.41) is 4.58. The summed E-state index contributed by atoms with van der Waals surface area (Å²) in [5.74, 6) is 1.18. The van der Waals surface area contributed by atoms with E-state index in [1.165, 1.54) is 37.1 Å². The lowest BCUT2D eigenvalue weighted by Gasteiger charge is -2.25.